The van der Waals surface area contributed by atoms with E-state index in [1.165, 1.54) is 39.0 Å². The minimum absolute atomic E-state index is 0.176. The van der Waals surface area contributed by atoms with E-state index in [2.05, 4.69) is 21.9 Å². The van der Waals surface area contributed by atoms with Gasteiger partial charge in [-0.1, -0.05) is 31.4 Å². The van der Waals surface area contributed by atoms with Crippen LogP contribution in [0.15, 0.2) is 18.2 Å². The summed E-state index contributed by atoms with van der Waals surface area (Å²) in [7, 11) is -0.376. The zero-order valence-electron chi connectivity index (χ0n) is 20.7. The number of nitrogens with zero attached hydrogens (tertiary/aromatic N) is 3. The van der Waals surface area contributed by atoms with E-state index in [4.69, 9.17) is 9.31 Å². The highest BCUT2D eigenvalue weighted by atomic mass is 16.6. The molecule has 0 radical (unpaired) electrons. The highest BCUT2D eigenvalue weighted by Crippen LogP contribution is 2.49. The van der Waals surface area contributed by atoms with Crippen LogP contribution in [-0.4, -0.2) is 91.4 Å². The molecule has 0 unspecified atom stereocenters. The Labute approximate surface area is 207 Å². The molecule has 188 valence electrons. The maximum atomic E-state index is 14.2. The molecule has 3 saturated heterocycles. The number of benzene rings is 1. The van der Waals surface area contributed by atoms with Crippen molar-refractivity contribution in [2.75, 3.05) is 44.3 Å². The first-order chi connectivity index (χ1) is 17.0. The summed E-state index contributed by atoms with van der Waals surface area (Å²) in [5, 5.41) is 9.77. The zero-order valence-corrected chi connectivity index (χ0v) is 20.7. The van der Waals surface area contributed by atoms with Crippen LogP contribution in [0.5, 0.6) is 0 Å². The second kappa shape index (κ2) is 9.18. The van der Waals surface area contributed by atoms with Gasteiger partial charge in [0, 0.05) is 37.9 Å². The van der Waals surface area contributed by atoms with Gasteiger partial charge >= 0.3 is 7.12 Å². The molecule has 4 heterocycles. The summed E-state index contributed by atoms with van der Waals surface area (Å²) >= 11 is 0. The number of rotatable bonds is 4. The third-order valence-electron chi connectivity index (χ3n) is 8.95. The lowest BCUT2D eigenvalue weighted by Crippen LogP contribution is -2.64. The summed E-state index contributed by atoms with van der Waals surface area (Å²) in [5.41, 5.74) is 2.42. The predicted molar refractivity (Wildman–Crippen MR) is 133 cm³/mol. The second-order valence-corrected chi connectivity index (χ2v) is 11.0. The van der Waals surface area contributed by atoms with Crippen molar-refractivity contribution in [3.63, 3.8) is 0 Å². The first-order valence-corrected chi connectivity index (χ1v) is 13.4. The third-order valence-corrected chi connectivity index (χ3v) is 8.95. The van der Waals surface area contributed by atoms with Crippen molar-refractivity contribution in [1.29, 1.82) is 0 Å². The highest BCUT2D eigenvalue weighted by Gasteiger charge is 2.56. The molecular weight excluding hydrogens is 445 g/mol. The largest absolute Gasteiger partial charge is 0.494 e. The summed E-state index contributed by atoms with van der Waals surface area (Å²) in [4.78, 5) is 32.9. The number of carbonyl (C=O) groups excluding carboxylic acids is 2. The number of piperidine rings is 1. The Hall–Kier alpha value is -1.94. The van der Waals surface area contributed by atoms with E-state index in [0.717, 1.165) is 29.8 Å². The standard InChI is InChI=1S/C26H36BN3O5/c1-18(31)24(32)28-11-9-26(10-12-28)22-8-7-19(27-34-13-14-35-27)15-23(22)30(25(26)33)21-16-29(17-21)20-5-3-2-4-6-20/h7-8,15,18,20-21,31H,2-6,9-14,16-17H2,1H3/t18-/m1/s1. The Balaban J connectivity index is 1.27. The molecule has 1 aromatic rings. The first kappa shape index (κ1) is 23.5. The average molecular weight is 481 g/mol. The first-order valence-electron chi connectivity index (χ1n) is 13.4. The quantitative estimate of drug-likeness (QED) is 0.648. The van der Waals surface area contributed by atoms with Gasteiger partial charge in [-0.2, -0.15) is 0 Å². The maximum absolute atomic E-state index is 14.2. The van der Waals surface area contributed by atoms with Gasteiger partial charge in [-0.3, -0.25) is 14.5 Å². The van der Waals surface area contributed by atoms with Crippen molar-refractivity contribution in [2.24, 2.45) is 0 Å². The molecule has 0 bridgehead atoms. The van der Waals surface area contributed by atoms with Crippen LogP contribution >= 0.6 is 0 Å². The Morgan fingerprint density at radius 1 is 1.09 bits per heavy atom. The lowest BCUT2D eigenvalue weighted by atomic mass is 9.71. The van der Waals surface area contributed by atoms with Crippen molar-refractivity contribution < 1.29 is 24.0 Å². The predicted octanol–water partition coefficient (Wildman–Crippen LogP) is 1.03. The minimum Gasteiger partial charge on any atom is -0.405 e. The second-order valence-electron chi connectivity index (χ2n) is 11.0. The van der Waals surface area contributed by atoms with Crippen LogP contribution < -0.4 is 10.4 Å². The molecule has 0 aromatic heterocycles. The summed E-state index contributed by atoms with van der Waals surface area (Å²) in [6.07, 6.45) is 6.67. The van der Waals surface area contributed by atoms with Crippen LogP contribution in [0.4, 0.5) is 5.69 Å². The van der Waals surface area contributed by atoms with Crippen LogP contribution in [0.25, 0.3) is 0 Å². The van der Waals surface area contributed by atoms with Crippen molar-refractivity contribution in [1.82, 2.24) is 9.80 Å². The molecule has 35 heavy (non-hydrogen) atoms. The fraction of sp³-hybridized carbons (Fsp3) is 0.692. The summed E-state index contributed by atoms with van der Waals surface area (Å²) < 4.78 is 11.5. The van der Waals surface area contributed by atoms with Gasteiger partial charge in [-0.15, -0.1) is 0 Å². The van der Waals surface area contributed by atoms with Gasteiger partial charge in [-0.05, 0) is 49.7 Å². The molecule has 8 nitrogen and oxygen atoms in total. The number of aliphatic hydroxyl groups excluding tert-OH is 1. The third kappa shape index (κ3) is 3.91. The highest BCUT2D eigenvalue weighted by molar-refractivity contribution is 6.61. The van der Waals surface area contributed by atoms with Gasteiger partial charge in [-0.25, -0.2) is 0 Å². The Morgan fingerprint density at radius 2 is 1.77 bits per heavy atom. The number of hydrogen-bond acceptors (Lipinski definition) is 6. The molecule has 1 aromatic carbocycles. The molecule has 1 spiro atoms. The summed E-state index contributed by atoms with van der Waals surface area (Å²) in [5.74, 6) is -0.0780. The van der Waals surface area contributed by atoms with E-state index >= 15 is 0 Å². The molecule has 9 heteroatoms. The van der Waals surface area contributed by atoms with Crippen LogP contribution in [0.3, 0.4) is 0 Å². The van der Waals surface area contributed by atoms with E-state index in [1.807, 2.05) is 6.07 Å². The molecule has 6 rings (SSSR count). The van der Waals surface area contributed by atoms with Gasteiger partial charge in [0.25, 0.3) is 5.91 Å². The minimum atomic E-state index is -1.01. The molecule has 1 N–H and O–H groups in total. The topological polar surface area (TPSA) is 82.6 Å². The van der Waals surface area contributed by atoms with Gasteiger partial charge in [0.2, 0.25) is 5.91 Å². The van der Waals surface area contributed by atoms with E-state index in [1.54, 1.807) is 4.90 Å². The fourth-order valence-corrected chi connectivity index (χ4v) is 6.92. The Morgan fingerprint density at radius 3 is 2.43 bits per heavy atom. The van der Waals surface area contributed by atoms with Gasteiger partial charge in [0.05, 0.1) is 24.7 Å². The average Bonchev–Trinajstić information content (AvgIpc) is 3.47. The SMILES string of the molecule is C[C@@H](O)C(=O)N1CCC2(CC1)C(=O)N(C1CN(C3CCCCC3)C1)c1cc(B3OCCO3)ccc12. The number of amides is 2. The molecule has 5 aliphatic rings. The van der Waals surface area contributed by atoms with Crippen molar-refractivity contribution in [2.45, 2.75) is 75.5 Å². The van der Waals surface area contributed by atoms with Crippen LogP contribution in [0.1, 0.15) is 57.4 Å². The van der Waals surface area contributed by atoms with Crippen molar-refractivity contribution in [3.05, 3.63) is 23.8 Å². The lowest BCUT2D eigenvalue weighted by molar-refractivity contribution is -0.142. The van der Waals surface area contributed by atoms with Crippen molar-refractivity contribution in [3.8, 4) is 0 Å². The van der Waals surface area contributed by atoms with Crippen LogP contribution in [0.2, 0.25) is 0 Å². The fourth-order valence-electron chi connectivity index (χ4n) is 6.92. The Kier molecular flexibility index (Phi) is 6.15. The number of anilines is 1. The van der Waals surface area contributed by atoms with Crippen LogP contribution in [0, 0.1) is 0 Å². The van der Waals surface area contributed by atoms with E-state index < -0.39 is 11.5 Å². The molecule has 4 fully saturated rings. The van der Waals surface area contributed by atoms with E-state index in [9.17, 15) is 14.7 Å². The smallest absolute Gasteiger partial charge is 0.405 e. The molecule has 1 atom stereocenters. The summed E-state index contributed by atoms with van der Waals surface area (Å²) in [6.45, 7) is 5.50. The van der Waals surface area contributed by atoms with Crippen LogP contribution in [-0.2, 0) is 24.3 Å². The Bertz CT molecular complexity index is 977. The zero-order chi connectivity index (χ0) is 24.2. The molecule has 4 aliphatic heterocycles. The van der Waals surface area contributed by atoms with E-state index in [0.29, 0.717) is 45.2 Å². The van der Waals surface area contributed by atoms with Gasteiger partial charge in [0.15, 0.2) is 0 Å². The number of likely N-dealkylation sites (tertiary alicyclic amines) is 2. The lowest BCUT2D eigenvalue weighted by Gasteiger charge is -2.49. The van der Waals surface area contributed by atoms with Gasteiger partial charge < -0.3 is 24.2 Å². The van der Waals surface area contributed by atoms with E-state index in [-0.39, 0.29) is 25.0 Å². The number of carbonyl (C=O) groups is 2. The summed E-state index contributed by atoms with van der Waals surface area (Å²) in [6, 6.07) is 7.08. The number of hydrogen-bond donors (Lipinski definition) is 1. The number of aliphatic hydroxyl groups is 1. The van der Waals surface area contributed by atoms with Crippen molar-refractivity contribution >= 4 is 30.1 Å². The molecule has 1 saturated carbocycles. The maximum Gasteiger partial charge on any atom is 0.494 e. The molecule has 2 amide bonds. The molecule has 1 aliphatic carbocycles. The normalized spacial score (nSPS) is 26.3. The molecular formula is C26H36BN3O5. The monoisotopic (exact) mass is 481 g/mol. The number of fused-ring (bicyclic) bond motifs is 2. The van der Waals surface area contributed by atoms with Gasteiger partial charge in [0.1, 0.15) is 6.10 Å².